The molecule has 0 aromatic heterocycles. The molecule has 0 aromatic rings. The molecule has 0 spiro atoms. The van der Waals surface area contributed by atoms with Crippen molar-refractivity contribution in [1.29, 1.82) is 0 Å². The van der Waals surface area contributed by atoms with E-state index in [0.717, 1.165) is 0 Å². The fraction of sp³-hybridized carbons (Fsp3) is 1.00. The van der Waals surface area contributed by atoms with Crippen LogP contribution in [0.25, 0.3) is 0 Å². The van der Waals surface area contributed by atoms with E-state index in [1.807, 2.05) is 0 Å². The molecule has 1 heterocycles. The highest BCUT2D eigenvalue weighted by molar-refractivity contribution is 6.76. The van der Waals surface area contributed by atoms with Crippen molar-refractivity contribution < 1.29 is 0 Å². The minimum absolute atomic E-state index is 0.517. The van der Waals surface area contributed by atoms with Gasteiger partial charge < -0.3 is 4.57 Å². The molecule has 1 aliphatic rings. The van der Waals surface area contributed by atoms with Gasteiger partial charge in [0.2, 0.25) is 0 Å². The molecule has 1 fully saturated rings. The zero-order chi connectivity index (χ0) is 11.3. The lowest BCUT2D eigenvalue weighted by Gasteiger charge is -2.32. The standard InChI is InChI=1S/C12H29NSi2/c1-14(11-8-12-15(2,3)4)13-9-6-5-7-10-13/h14H,5-12H2,1-4H3. The van der Waals surface area contributed by atoms with E-state index in [4.69, 9.17) is 0 Å². The third kappa shape index (κ3) is 5.88. The summed E-state index contributed by atoms with van der Waals surface area (Å²) in [5.74, 6) is 0. The quantitative estimate of drug-likeness (QED) is 0.668. The van der Waals surface area contributed by atoms with Crippen LogP contribution in [-0.2, 0) is 0 Å². The van der Waals surface area contributed by atoms with E-state index >= 15 is 0 Å². The summed E-state index contributed by atoms with van der Waals surface area (Å²) in [5, 5.41) is 0. The first-order valence-corrected chi connectivity index (χ1v) is 12.9. The predicted octanol–water partition coefficient (Wildman–Crippen LogP) is 3.55. The summed E-state index contributed by atoms with van der Waals surface area (Å²) in [6.07, 6.45) is 5.92. The third-order valence-electron chi connectivity index (χ3n) is 3.56. The van der Waals surface area contributed by atoms with Crippen molar-refractivity contribution in [2.24, 2.45) is 0 Å². The van der Waals surface area contributed by atoms with Crippen LogP contribution in [-0.4, -0.2) is 34.7 Å². The number of hydrogen-bond acceptors (Lipinski definition) is 1. The molecule has 1 atom stereocenters. The Balaban J connectivity index is 2.14. The maximum Gasteiger partial charge on any atom is 0.108 e. The fourth-order valence-corrected chi connectivity index (χ4v) is 6.55. The normalized spacial score (nSPS) is 21.6. The number of hydrogen-bond donors (Lipinski definition) is 0. The molecular weight excluding hydrogens is 214 g/mol. The number of nitrogens with zero attached hydrogens (tertiary/aromatic N) is 1. The van der Waals surface area contributed by atoms with Crippen LogP contribution in [0.5, 0.6) is 0 Å². The topological polar surface area (TPSA) is 3.24 Å². The molecule has 0 radical (unpaired) electrons. The van der Waals surface area contributed by atoms with Crippen LogP contribution in [0.1, 0.15) is 25.7 Å². The van der Waals surface area contributed by atoms with Crippen LogP contribution in [0.15, 0.2) is 0 Å². The fourth-order valence-electron chi connectivity index (χ4n) is 2.47. The molecule has 0 bridgehead atoms. The predicted molar refractivity (Wildman–Crippen MR) is 76.0 cm³/mol. The second-order valence-electron chi connectivity index (χ2n) is 6.40. The molecule has 3 heteroatoms. The number of piperidine rings is 1. The lowest BCUT2D eigenvalue weighted by atomic mass is 10.2. The van der Waals surface area contributed by atoms with Gasteiger partial charge in [0.15, 0.2) is 0 Å². The minimum atomic E-state index is -0.770. The Morgan fingerprint density at radius 2 is 1.67 bits per heavy atom. The van der Waals surface area contributed by atoms with Crippen molar-refractivity contribution in [1.82, 2.24) is 4.57 Å². The van der Waals surface area contributed by atoms with E-state index in [1.54, 1.807) is 6.04 Å². The average molecular weight is 244 g/mol. The lowest BCUT2D eigenvalue weighted by molar-refractivity contribution is 0.351. The molecule has 1 aliphatic heterocycles. The Morgan fingerprint density at radius 1 is 1.07 bits per heavy atom. The molecular formula is C12H29NSi2. The smallest absolute Gasteiger partial charge is 0.108 e. The van der Waals surface area contributed by atoms with Gasteiger partial charge in [-0.25, -0.2) is 0 Å². The van der Waals surface area contributed by atoms with Crippen molar-refractivity contribution >= 4 is 17.0 Å². The molecule has 1 unspecified atom stereocenters. The molecule has 1 rings (SSSR count). The van der Waals surface area contributed by atoms with Crippen molar-refractivity contribution in [3.63, 3.8) is 0 Å². The summed E-state index contributed by atoms with van der Waals surface area (Å²) in [4.78, 5) is 0. The van der Waals surface area contributed by atoms with Gasteiger partial charge in [-0.2, -0.15) is 0 Å². The zero-order valence-corrected chi connectivity index (χ0v) is 13.3. The Labute approximate surface area is 98.9 Å². The summed E-state index contributed by atoms with van der Waals surface area (Å²) in [6.45, 7) is 12.9. The monoisotopic (exact) mass is 243 g/mol. The summed E-state index contributed by atoms with van der Waals surface area (Å²) in [6, 6.07) is 3.10. The molecule has 0 saturated carbocycles. The summed E-state index contributed by atoms with van der Waals surface area (Å²) in [7, 11) is -1.29. The van der Waals surface area contributed by atoms with E-state index < -0.39 is 17.0 Å². The van der Waals surface area contributed by atoms with Crippen LogP contribution >= 0.6 is 0 Å². The molecule has 1 saturated heterocycles. The maximum absolute atomic E-state index is 2.84. The molecule has 90 valence electrons. The largest absolute Gasteiger partial charge is 0.326 e. The van der Waals surface area contributed by atoms with E-state index in [9.17, 15) is 0 Å². The van der Waals surface area contributed by atoms with Crippen molar-refractivity contribution in [3.8, 4) is 0 Å². The third-order valence-corrected chi connectivity index (χ3v) is 8.42. The van der Waals surface area contributed by atoms with E-state index in [1.165, 1.54) is 44.8 Å². The van der Waals surface area contributed by atoms with E-state index in [0.29, 0.717) is 0 Å². The Hall–Kier alpha value is 0.394. The zero-order valence-electron chi connectivity index (χ0n) is 11.2. The first kappa shape index (κ1) is 13.5. The van der Waals surface area contributed by atoms with Gasteiger partial charge in [-0.1, -0.05) is 45.1 Å². The van der Waals surface area contributed by atoms with Crippen LogP contribution in [0.2, 0.25) is 38.3 Å². The molecule has 0 aromatic carbocycles. The minimum Gasteiger partial charge on any atom is -0.326 e. The van der Waals surface area contributed by atoms with Crippen LogP contribution in [0.4, 0.5) is 0 Å². The highest BCUT2D eigenvalue weighted by Crippen LogP contribution is 2.18. The van der Waals surface area contributed by atoms with Gasteiger partial charge in [-0.15, -0.1) is 0 Å². The van der Waals surface area contributed by atoms with Crippen molar-refractivity contribution in [2.75, 3.05) is 13.1 Å². The van der Waals surface area contributed by atoms with Crippen LogP contribution in [0, 0.1) is 0 Å². The highest BCUT2D eigenvalue weighted by atomic mass is 28.3. The summed E-state index contributed by atoms with van der Waals surface area (Å²) < 4.78 is 2.84. The first-order valence-electron chi connectivity index (χ1n) is 6.73. The van der Waals surface area contributed by atoms with Gasteiger partial charge in [-0.3, -0.25) is 0 Å². The molecule has 0 N–H and O–H groups in total. The van der Waals surface area contributed by atoms with Gasteiger partial charge in [0, 0.05) is 8.07 Å². The molecule has 0 amide bonds. The van der Waals surface area contributed by atoms with E-state index in [-0.39, 0.29) is 0 Å². The molecule has 15 heavy (non-hydrogen) atoms. The Bertz CT molecular complexity index is 171. The SMILES string of the molecule is C[SiH](CCC[Si](C)(C)C)N1CCCCC1. The molecule has 1 nitrogen and oxygen atoms in total. The average Bonchev–Trinajstić information content (AvgIpc) is 2.17. The van der Waals surface area contributed by atoms with Crippen molar-refractivity contribution in [3.05, 3.63) is 0 Å². The summed E-state index contributed by atoms with van der Waals surface area (Å²) in [5.41, 5.74) is 0. The highest BCUT2D eigenvalue weighted by Gasteiger charge is 2.19. The van der Waals surface area contributed by atoms with Crippen LogP contribution < -0.4 is 0 Å². The molecule has 0 aliphatic carbocycles. The van der Waals surface area contributed by atoms with Gasteiger partial charge >= 0.3 is 0 Å². The summed E-state index contributed by atoms with van der Waals surface area (Å²) >= 11 is 0. The van der Waals surface area contributed by atoms with Gasteiger partial charge in [0.1, 0.15) is 8.96 Å². The Kier molecular flexibility index (Phi) is 5.57. The Morgan fingerprint density at radius 3 is 2.20 bits per heavy atom. The first-order chi connectivity index (χ1) is 6.99. The van der Waals surface area contributed by atoms with E-state index in [2.05, 4.69) is 30.8 Å². The van der Waals surface area contributed by atoms with Crippen molar-refractivity contribution in [2.45, 2.75) is 64.0 Å². The number of rotatable bonds is 5. The van der Waals surface area contributed by atoms with Crippen LogP contribution in [0.3, 0.4) is 0 Å². The van der Waals surface area contributed by atoms with Gasteiger partial charge in [-0.05, 0) is 32.0 Å². The lowest BCUT2D eigenvalue weighted by Crippen LogP contribution is -2.40. The second-order valence-corrected chi connectivity index (χ2v) is 15.0. The second kappa shape index (κ2) is 6.21. The van der Waals surface area contributed by atoms with Gasteiger partial charge in [0.25, 0.3) is 0 Å². The van der Waals surface area contributed by atoms with Gasteiger partial charge in [0.05, 0.1) is 0 Å². The maximum atomic E-state index is 2.84.